The second kappa shape index (κ2) is 8.82. The molecular weight excluding hydrogens is 304 g/mol. The van der Waals surface area contributed by atoms with Crippen LogP contribution < -0.4 is 4.74 Å². The monoisotopic (exact) mass is 326 g/mol. The van der Waals surface area contributed by atoms with E-state index in [-0.39, 0.29) is 18.7 Å². The highest BCUT2D eigenvalue weighted by molar-refractivity contribution is 5.71. The van der Waals surface area contributed by atoms with E-state index in [1.54, 1.807) is 24.3 Å². The van der Waals surface area contributed by atoms with Gasteiger partial charge in [-0.2, -0.15) is 10.2 Å². The standard InChI is InChI=1S/C19H22N2O3/c1-4-15(3)19(22)24-13-23-18-11-9-17(10-12-18)21-20-16-7-5-14(2)6-8-16/h5-12,15H,4,13H2,1-3H3. The summed E-state index contributed by atoms with van der Waals surface area (Å²) in [6.45, 7) is 5.71. The molecular formula is C19H22N2O3. The second-order valence-electron chi connectivity index (χ2n) is 5.56. The average molecular weight is 326 g/mol. The van der Waals surface area contributed by atoms with Crippen molar-refractivity contribution in [2.24, 2.45) is 16.1 Å². The van der Waals surface area contributed by atoms with Crippen molar-refractivity contribution < 1.29 is 14.3 Å². The highest BCUT2D eigenvalue weighted by atomic mass is 16.7. The maximum absolute atomic E-state index is 11.5. The number of benzene rings is 2. The van der Waals surface area contributed by atoms with Gasteiger partial charge in [0.05, 0.1) is 17.3 Å². The van der Waals surface area contributed by atoms with Gasteiger partial charge in [0.25, 0.3) is 0 Å². The summed E-state index contributed by atoms with van der Waals surface area (Å²) < 4.78 is 10.4. The Hall–Kier alpha value is -2.69. The zero-order valence-corrected chi connectivity index (χ0v) is 14.2. The lowest BCUT2D eigenvalue weighted by molar-refractivity contribution is -0.154. The molecule has 0 fully saturated rings. The lowest BCUT2D eigenvalue weighted by Gasteiger charge is -2.10. The summed E-state index contributed by atoms with van der Waals surface area (Å²) in [4.78, 5) is 11.5. The van der Waals surface area contributed by atoms with Crippen LogP contribution in [0.3, 0.4) is 0 Å². The van der Waals surface area contributed by atoms with Crippen molar-refractivity contribution in [3.8, 4) is 5.75 Å². The van der Waals surface area contributed by atoms with Gasteiger partial charge in [0.1, 0.15) is 5.75 Å². The van der Waals surface area contributed by atoms with E-state index < -0.39 is 0 Å². The molecule has 0 saturated carbocycles. The van der Waals surface area contributed by atoms with Crippen molar-refractivity contribution in [2.75, 3.05) is 6.79 Å². The smallest absolute Gasteiger partial charge is 0.311 e. The van der Waals surface area contributed by atoms with Crippen LogP contribution in [0.15, 0.2) is 58.8 Å². The molecule has 0 aromatic heterocycles. The molecule has 0 bridgehead atoms. The Bertz CT molecular complexity index is 679. The van der Waals surface area contributed by atoms with Crippen LogP contribution in [0.2, 0.25) is 0 Å². The van der Waals surface area contributed by atoms with E-state index in [4.69, 9.17) is 9.47 Å². The molecule has 0 N–H and O–H groups in total. The fourth-order valence-electron chi connectivity index (χ4n) is 1.80. The third-order valence-corrected chi connectivity index (χ3v) is 3.59. The number of nitrogens with zero attached hydrogens (tertiary/aromatic N) is 2. The van der Waals surface area contributed by atoms with Crippen LogP contribution in [0.4, 0.5) is 11.4 Å². The van der Waals surface area contributed by atoms with Crippen LogP contribution in [0.25, 0.3) is 0 Å². The number of hydrogen-bond donors (Lipinski definition) is 0. The minimum atomic E-state index is -0.249. The number of ether oxygens (including phenoxy) is 2. The van der Waals surface area contributed by atoms with Gasteiger partial charge in [0.15, 0.2) is 0 Å². The van der Waals surface area contributed by atoms with Crippen LogP contribution >= 0.6 is 0 Å². The Morgan fingerprint density at radius 3 is 2.08 bits per heavy atom. The molecule has 24 heavy (non-hydrogen) atoms. The van der Waals surface area contributed by atoms with Crippen molar-refractivity contribution in [1.29, 1.82) is 0 Å². The quantitative estimate of drug-likeness (QED) is 0.392. The molecule has 2 rings (SSSR count). The summed E-state index contributed by atoms with van der Waals surface area (Å²) in [5, 5.41) is 8.35. The first kappa shape index (κ1) is 17.7. The molecule has 0 radical (unpaired) electrons. The van der Waals surface area contributed by atoms with Gasteiger partial charge in [-0.15, -0.1) is 0 Å². The summed E-state index contributed by atoms with van der Waals surface area (Å²) in [5.74, 6) is 0.250. The Labute approximate surface area is 142 Å². The number of carbonyl (C=O) groups is 1. The van der Waals surface area contributed by atoms with Crippen LogP contribution in [-0.2, 0) is 9.53 Å². The molecule has 0 saturated heterocycles. The van der Waals surface area contributed by atoms with E-state index in [2.05, 4.69) is 10.2 Å². The first-order valence-electron chi connectivity index (χ1n) is 7.96. The predicted molar refractivity (Wildman–Crippen MR) is 92.8 cm³/mol. The van der Waals surface area contributed by atoms with E-state index in [1.165, 1.54) is 5.56 Å². The Morgan fingerprint density at radius 1 is 1.00 bits per heavy atom. The van der Waals surface area contributed by atoms with Gasteiger partial charge in [-0.25, -0.2) is 0 Å². The molecule has 2 aromatic rings. The molecule has 0 aliphatic heterocycles. The van der Waals surface area contributed by atoms with Crippen LogP contribution in [-0.4, -0.2) is 12.8 Å². The average Bonchev–Trinajstić information content (AvgIpc) is 2.61. The maximum atomic E-state index is 11.5. The molecule has 2 aromatic carbocycles. The van der Waals surface area contributed by atoms with Gasteiger partial charge in [0, 0.05) is 0 Å². The number of hydrogen-bond acceptors (Lipinski definition) is 5. The number of azo groups is 1. The van der Waals surface area contributed by atoms with Gasteiger partial charge in [-0.3, -0.25) is 4.79 Å². The van der Waals surface area contributed by atoms with Crippen LogP contribution in [0, 0.1) is 12.8 Å². The van der Waals surface area contributed by atoms with Gasteiger partial charge < -0.3 is 9.47 Å². The third-order valence-electron chi connectivity index (χ3n) is 3.59. The van der Waals surface area contributed by atoms with Crippen molar-refractivity contribution >= 4 is 17.3 Å². The SMILES string of the molecule is CCC(C)C(=O)OCOc1ccc(N=Nc2ccc(C)cc2)cc1. The molecule has 5 nitrogen and oxygen atoms in total. The summed E-state index contributed by atoms with van der Waals surface area (Å²) in [5.41, 5.74) is 2.71. The minimum absolute atomic E-state index is 0.0899. The number of esters is 1. The first-order valence-corrected chi connectivity index (χ1v) is 7.96. The van der Waals surface area contributed by atoms with Crippen molar-refractivity contribution in [3.63, 3.8) is 0 Å². The normalized spacial score (nSPS) is 12.1. The predicted octanol–water partition coefficient (Wildman–Crippen LogP) is 5.34. The summed E-state index contributed by atoms with van der Waals surface area (Å²) in [7, 11) is 0. The molecule has 0 aliphatic carbocycles. The fraction of sp³-hybridized carbons (Fsp3) is 0.316. The maximum Gasteiger partial charge on any atom is 0.311 e. The topological polar surface area (TPSA) is 60.2 Å². The van der Waals surface area contributed by atoms with E-state index >= 15 is 0 Å². The summed E-state index contributed by atoms with van der Waals surface area (Å²) in [6.07, 6.45) is 0.750. The lowest BCUT2D eigenvalue weighted by atomic mass is 10.1. The minimum Gasteiger partial charge on any atom is -0.457 e. The van der Waals surface area contributed by atoms with E-state index in [0.717, 1.165) is 17.8 Å². The van der Waals surface area contributed by atoms with Crippen LogP contribution in [0.1, 0.15) is 25.8 Å². The molecule has 0 aliphatic rings. The van der Waals surface area contributed by atoms with Gasteiger partial charge in [-0.05, 0) is 49.7 Å². The summed E-state index contributed by atoms with van der Waals surface area (Å²) >= 11 is 0. The van der Waals surface area contributed by atoms with Gasteiger partial charge in [-0.1, -0.05) is 31.5 Å². The van der Waals surface area contributed by atoms with E-state index in [0.29, 0.717) is 5.75 Å². The highest BCUT2D eigenvalue weighted by Crippen LogP contribution is 2.21. The molecule has 0 spiro atoms. The Morgan fingerprint density at radius 2 is 1.54 bits per heavy atom. The number of carbonyl (C=O) groups excluding carboxylic acids is 1. The molecule has 1 atom stereocenters. The molecule has 1 unspecified atom stereocenters. The van der Waals surface area contributed by atoms with Gasteiger partial charge in [0.2, 0.25) is 6.79 Å². The zero-order valence-electron chi connectivity index (χ0n) is 14.2. The van der Waals surface area contributed by atoms with E-state index in [1.807, 2.05) is 45.0 Å². The summed E-state index contributed by atoms with van der Waals surface area (Å²) in [6, 6.07) is 14.9. The first-order chi connectivity index (χ1) is 11.6. The Balaban J connectivity index is 1.84. The highest BCUT2D eigenvalue weighted by Gasteiger charge is 2.11. The Kier molecular flexibility index (Phi) is 6.49. The number of aryl methyl sites for hydroxylation is 1. The molecule has 0 amide bonds. The molecule has 0 heterocycles. The lowest BCUT2D eigenvalue weighted by Crippen LogP contribution is -2.17. The fourth-order valence-corrected chi connectivity index (χ4v) is 1.80. The third kappa shape index (κ3) is 5.50. The second-order valence-corrected chi connectivity index (χ2v) is 5.56. The zero-order chi connectivity index (χ0) is 17.4. The van der Waals surface area contributed by atoms with Crippen LogP contribution in [0.5, 0.6) is 5.75 Å². The van der Waals surface area contributed by atoms with Crippen molar-refractivity contribution in [2.45, 2.75) is 27.2 Å². The van der Waals surface area contributed by atoms with E-state index in [9.17, 15) is 4.79 Å². The number of rotatable bonds is 7. The van der Waals surface area contributed by atoms with Crippen molar-refractivity contribution in [3.05, 3.63) is 54.1 Å². The van der Waals surface area contributed by atoms with Gasteiger partial charge >= 0.3 is 5.97 Å². The molecule has 5 heteroatoms. The van der Waals surface area contributed by atoms with Crippen molar-refractivity contribution in [1.82, 2.24) is 0 Å². The molecule has 126 valence electrons. The largest absolute Gasteiger partial charge is 0.457 e.